The first-order valence-corrected chi connectivity index (χ1v) is 19.6. The molecule has 2 aliphatic carbocycles. The lowest BCUT2D eigenvalue weighted by molar-refractivity contribution is 0.112. The molecular formula is C41H50N6OS. The van der Waals surface area contributed by atoms with Gasteiger partial charge in [0.25, 0.3) is 0 Å². The molecule has 5 heterocycles. The van der Waals surface area contributed by atoms with Crippen molar-refractivity contribution < 1.29 is 4.74 Å². The minimum absolute atomic E-state index is 0.141. The van der Waals surface area contributed by atoms with E-state index in [-0.39, 0.29) is 12.1 Å². The van der Waals surface area contributed by atoms with Crippen LogP contribution >= 0.6 is 11.3 Å². The highest BCUT2D eigenvalue weighted by atomic mass is 32.1. The molecule has 49 heavy (non-hydrogen) atoms. The molecule has 4 aromatic rings. The second-order valence-electron chi connectivity index (χ2n) is 15.0. The van der Waals surface area contributed by atoms with E-state index in [4.69, 9.17) is 9.73 Å². The van der Waals surface area contributed by atoms with Crippen molar-refractivity contribution in [2.24, 2.45) is 4.99 Å². The zero-order chi connectivity index (χ0) is 32.9. The molecule has 9 rings (SSSR count). The molecule has 5 aliphatic rings. The predicted molar refractivity (Wildman–Crippen MR) is 201 cm³/mol. The summed E-state index contributed by atoms with van der Waals surface area (Å²) in [6, 6.07) is 15.2. The number of aromatic nitrogens is 2. The van der Waals surface area contributed by atoms with Gasteiger partial charge in [0.2, 0.25) is 0 Å². The largest absolute Gasteiger partial charge is 0.373 e. The molecular weight excluding hydrogens is 625 g/mol. The first-order valence-electron chi connectivity index (χ1n) is 18.8. The van der Waals surface area contributed by atoms with Crippen molar-refractivity contribution >= 4 is 17.2 Å². The summed E-state index contributed by atoms with van der Waals surface area (Å²) in [7, 11) is 0. The number of nitrogens with zero attached hydrogens (tertiary/aromatic N) is 2. The normalized spacial score (nSPS) is 26.2. The van der Waals surface area contributed by atoms with E-state index in [9.17, 15) is 0 Å². The lowest BCUT2D eigenvalue weighted by atomic mass is 9.80. The Morgan fingerprint density at radius 3 is 2.43 bits per heavy atom. The average molecular weight is 675 g/mol. The molecule has 3 aliphatic heterocycles. The predicted octanol–water partition coefficient (Wildman–Crippen LogP) is 8.54. The summed E-state index contributed by atoms with van der Waals surface area (Å²) < 4.78 is 8.70. The van der Waals surface area contributed by atoms with Crippen LogP contribution in [0.4, 0.5) is 0 Å². The van der Waals surface area contributed by atoms with Crippen LogP contribution in [0.5, 0.6) is 0 Å². The second kappa shape index (κ2) is 13.4. The summed E-state index contributed by atoms with van der Waals surface area (Å²) in [6.45, 7) is 11.0. The number of benzene rings is 2. The fraction of sp³-hybridized carbons (Fsp3) is 0.488. The van der Waals surface area contributed by atoms with Gasteiger partial charge in [-0.25, -0.2) is 0 Å². The van der Waals surface area contributed by atoms with Gasteiger partial charge >= 0.3 is 0 Å². The Balaban J connectivity index is 1.06. The molecule has 5 atom stereocenters. The Kier molecular flexibility index (Phi) is 8.60. The van der Waals surface area contributed by atoms with E-state index in [1.54, 1.807) is 17.3 Å². The summed E-state index contributed by atoms with van der Waals surface area (Å²) in [5.74, 6) is 2.31. The van der Waals surface area contributed by atoms with E-state index < -0.39 is 0 Å². The number of hydrogen-bond donors (Lipinski definition) is 4. The van der Waals surface area contributed by atoms with Crippen LogP contribution in [0.25, 0.3) is 32.1 Å². The van der Waals surface area contributed by atoms with Crippen LogP contribution in [0.15, 0.2) is 60.4 Å². The molecule has 7 nitrogen and oxygen atoms in total. The number of aliphatic imine (C=N–C) groups is 1. The van der Waals surface area contributed by atoms with Crippen molar-refractivity contribution in [2.45, 2.75) is 108 Å². The van der Waals surface area contributed by atoms with Gasteiger partial charge in [-0.1, -0.05) is 30.8 Å². The molecule has 256 valence electrons. The van der Waals surface area contributed by atoms with Crippen LogP contribution in [0.2, 0.25) is 0 Å². The minimum atomic E-state index is 0.141. The van der Waals surface area contributed by atoms with Crippen molar-refractivity contribution in [3.8, 4) is 32.1 Å². The lowest BCUT2D eigenvalue weighted by Gasteiger charge is -2.26. The first-order chi connectivity index (χ1) is 24.1. The van der Waals surface area contributed by atoms with Crippen LogP contribution in [0, 0.1) is 6.92 Å². The number of H-pyrrole nitrogens is 1. The highest BCUT2D eigenvalue weighted by molar-refractivity contribution is 7.18. The monoisotopic (exact) mass is 674 g/mol. The van der Waals surface area contributed by atoms with Gasteiger partial charge in [-0.15, -0.1) is 11.3 Å². The second-order valence-corrected chi connectivity index (χ2v) is 16.1. The molecule has 3 unspecified atom stereocenters. The molecule has 2 bridgehead atoms. The van der Waals surface area contributed by atoms with Crippen molar-refractivity contribution in [1.82, 2.24) is 25.7 Å². The van der Waals surface area contributed by atoms with Crippen LogP contribution in [0.1, 0.15) is 104 Å². The Morgan fingerprint density at radius 2 is 1.67 bits per heavy atom. The third kappa shape index (κ3) is 5.84. The summed E-state index contributed by atoms with van der Waals surface area (Å²) >= 11 is 1.94. The Bertz CT molecular complexity index is 1850. The van der Waals surface area contributed by atoms with E-state index >= 15 is 0 Å². The highest BCUT2D eigenvalue weighted by Gasteiger charge is 2.41. The number of nitrogens with one attached hydrogen (secondary N) is 4. The minimum Gasteiger partial charge on any atom is -0.373 e. The molecule has 3 saturated heterocycles. The Morgan fingerprint density at radius 1 is 0.918 bits per heavy atom. The van der Waals surface area contributed by atoms with E-state index in [2.05, 4.69) is 81.8 Å². The average Bonchev–Trinajstić information content (AvgIpc) is 3.96. The Labute approximate surface area is 294 Å². The molecule has 2 aromatic heterocycles. The van der Waals surface area contributed by atoms with Gasteiger partial charge in [-0.3, -0.25) is 14.8 Å². The van der Waals surface area contributed by atoms with Crippen LogP contribution in [0.3, 0.4) is 0 Å². The van der Waals surface area contributed by atoms with Crippen molar-refractivity contribution in [1.29, 1.82) is 0 Å². The van der Waals surface area contributed by atoms with Gasteiger partial charge in [0, 0.05) is 23.7 Å². The number of amidine groups is 1. The van der Waals surface area contributed by atoms with Gasteiger partial charge in [0.1, 0.15) is 5.84 Å². The smallest absolute Gasteiger partial charge is 0.118 e. The fourth-order valence-corrected chi connectivity index (χ4v) is 10.6. The van der Waals surface area contributed by atoms with E-state index in [1.165, 1.54) is 87.4 Å². The molecule has 0 spiro atoms. The molecule has 0 radical (unpaired) electrons. The van der Waals surface area contributed by atoms with Crippen molar-refractivity contribution in [2.75, 3.05) is 19.7 Å². The van der Waals surface area contributed by atoms with E-state index in [0.717, 1.165) is 51.3 Å². The number of hydrogen-bond acceptors (Lipinski definition) is 5. The molecule has 8 heteroatoms. The van der Waals surface area contributed by atoms with Crippen LogP contribution in [-0.4, -0.2) is 47.4 Å². The van der Waals surface area contributed by atoms with Crippen molar-refractivity contribution in [3.63, 3.8) is 0 Å². The van der Waals surface area contributed by atoms with Gasteiger partial charge in [0.15, 0.2) is 0 Å². The Hall–Kier alpha value is -3.43. The van der Waals surface area contributed by atoms with E-state index in [0.29, 0.717) is 24.4 Å². The maximum Gasteiger partial charge on any atom is 0.118 e. The third-order valence-corrected chi connectivity index (χ3v) is 13.2. The highest BCUT2D eigenvalue weighted by Crippen LogP contribution is 2.59. The quantitative estimate of drug-likeness (QED) is 0.100. The lowest BCUT2D eigenvalue weighted by Crippen LogP contribution is -2.38. The van der Waals surface area contributed by atoms with Crippen LogP contribution < -0.4 is 16.0 Å². The standard InChI is InChI=1S/C41H50N6OS/c1-3-42-41(33-8-5-19-44-33)45-22-28-12-13-30(38(25(28)2)35-9-6-20-48-35)31-14-15-32(40-27-11-10-26(21-27)39(31)40)36-16-17-37(49-36)34-24-47(46-34)23-29-7-4-18-43-29/h3,12-17,24,26-27,29,33,35,43-44,46H,1,4-11,18-23H2,2H3,(H,42,45)/t26?,27?,29-,33-,35?/m0/s1. The molecule has 1 saturated carbocycles. The zero-order valence-corrected chi connectivity index (χ0v) is 29.6. The third-order valence-electron chi connectivity index (χ3n) is 12.0. The van der Waals surface area contributed by atoms with Gasteiger partial charge in [-0.2, -0.15) is 0 Å². The maximum atomic E-state index is 6.45. The van der Waals surface area contributed by atoms with Gasteiger partial charge in [0.05, 0.1) is 35.8 Å². The summed E-state index contributed by atoms with van der Waals surface area (Å²) in [4.78, 5) is 7.83. The summed E-state index contributed by atoms with van der Waals surface area (Å²) in [5.41, 5.74) is 12.8. The molecule has 4 fully saturated rings. The molecule has 4 N–H and O–H groups in total. The van der Waals surface area contributed by atoms with E-state index in [1.807, 2.05) is 11.3 Å². The number of thiophene rings is 1. The maximum absolute atomic E-state index is 6.45. The SMILES string of the molecule is C=CNC(=NCc1ccc(-c2ccc(-c3ccc(-c4cn(C[C@@H]5CCCN5)[nH]4)s3)c3c2C2CCC3C2)c(C2CCCO2)c1C)[C@@H]1CCCN1. The van der Waals surface area contributed by atoms with Crippen LogP contribution in [-0.2, 0) is 17.8 Å². The zero-order valence-electron chi connectivity index (χ0n) is 28.8. The molecule has 2 aromatic carbocycles. The van der Waals surface area contributed by atoms with Gasteiger partial charge < -0.3 is 20.7 Å². The number of ether oxygens (including phenoxy) is 1. The fourth-order valence-electron chi connectivity index (χ4n) is 9.62. The molecule has 0 amide bonds. The topological polar surface area (TPSA) is 78.4 Å². The summed E-state index contributed by atoms with van der Waals surface area (Å²) in [5, 5.41) is 14.1. The number of fused-ring (bicyclic) bond motifs is 5. The van der Waals surface area contributed by atoms with Gasteiger partial charge in [-0.05, 0) is 152 Å². The first kappa shape index (κ1) is 31.5. The van der Waals surface area contributed by atoms with Crippen molar-refractivity contribution in [3.05, 3.63) is 83.2 Å². The summed E-state index contributed by atoms with van der Waals surface area (Å²) in [6.07, 6.45) is 15.2. The number of aromatic amines is 1. The number of rotatable bonds is 10.